The van der Waals surface area contributed by atoms with E-state index >= 15 is 0 Å². The van der Waals surface area contributed by atoms with E-state index in [0.717, 1.165) is 44.3 Å². The summed E-state index contributed by atoms with van der Waals surface area (Å²) in [4.78, 5) is 4.67. The molecule has 0 fully saturated rings. The van der Waals surface area contributed by atoms with Crippen LogP contribution in [0.25, 0.3) is 22.4 Å². The molecule has 0 saturated carbocycles. The van der Waals surface area contributed by atoms with Crippen molar-refractivity contribution in [1.29, 1.82) is 0 Å². The van der Waals surface area contributed by atoms with Gasteiger partial charge in [0.25, 0.3) is 0 Å². The van der Waals surface area contributed by atoms with Crippen molar-refractivity contribution in [3.05, 3.63) is 42.1 Å². The molecular weight excluding hydrogens is 300 g/mol. The molecule has 118 valence electrons. The van der Waals surface area contributed by atoms with Crippen molar-refractivity contribution in [3.63, 3.8) is 0 Å². The van der Waals surface area contributed by atoms with Gasteiger partial charge in [-0.05, 0) is 18.6 Å². The minimum Gasteiger partial charge on any atom is -0.508 e. The lowest BCUT2D eigenvalue weighted by molar-refractivity contribution is 0.482. The number of phenols is 1. The first kappa shape index (κ1) is 17.5. The van der Waals surface area contributed by atoms with Crippen LogP contribution in [0.5, 0.6) is 5.75 Å². The number of aryl methyl sites for hydroxylation is 1. The maximum atomic E-state index is 10.8. The molecule has 0 radical (unpaired) electrons. The van der Waals surface area contributed by atoms with Crippen molar-refractivity contribution in [2.24, 2.45) is 0 Å². The van der Waals surface area contributed by atoms with E-state index in [-0.39, 0.29) is 0 Å². The van der Waals surface area contributed by atoms with E-state index in [1.807, 2.05) is 14.0 Å². The Kier molecular flexibility index (Phi) is 4.59. The van der Waals surface area contributed by atoms with Gasteiger partial charge in [-0.25, -0.2) is 0 Å². The van der Waals surface area contributed by atoms with Crippen molar-refractivity contribution in [3.8, 4) is 28.1 Å². The molecule has 1 aromatic heterocycles. The van der Waals surface area contributed by atoms with Crippen molar-refractivity contribution < 1.29 is 5.11 Å². The summed E-state index contributed by atoms with van der Waals surface area (Å²) >= 11 is 0. The average molecular weight is 320 g/mol. The number of hydrogen-bond donors (Lipinski definition) is 1. The molecule has 0 saturated heterocycles. The molecule has 0 atom stereocenters. The molecule has 1 N–H and O–H groups in total. The fourth-order valence-electron chi connectivity index (χ4n) is 3.32. The smallest absolute Gasteiger partial charge is 0.143 e. The zero-order valence-corrected chi connectivity index (χ0v) is 15.9. The molecule has 7 heteroatoms. The highest BCUT2D eigenvalue weighted by molar-refractivity contribution is 6.64. The Balaban J connectivity index is 2.16. The molecule has 1 heterocycles. The molecule has 3 rings (SSSR count). The number of phenolic OH excluding ortho intramolecular Hbond substituents is 1. The normalized spacial score (nSPS) is 10.8. The minimum absolute atomic E-state index is 0.369. The minimum atomic E-state index is 0.369. The first-order valence-electron chi connectivity index (χ1n) is 8.64. The Bertz CT molecular complexity index is 941. The van der Waals surface area contributed by atoms with Gasteiger partial charge in [-0.3, -0.25) is 4.98 Å². The largest absolute Gasteiger partial charge is 0.508 e. The van der Waals surface area contributed by atoms with E-state index in [2.05, 4.69) is 73.6 Å². The number of nitrogens with zero attached hydrogens (tertiary/aromatic N) is 1. The molecule has 0 aliphatic carbocycles. The Morgan fingerprint density at radius 3 is 2.04 bits per heavy atom. The topological polar surface area (TPSA) is 33.1 Å². The molecule has 0 bridgehead atoms. The summed E-state index contributed by atoms with van der Waals surface area (Å²) in [6.45, 7) is 2.08. The zero-order valence-electron chi connectivity index (χ0n) is 15.9. The molecule has 0 unspecified atom stereocenters. The van der Waals surface area contributed by atoms with Gasteiger partial charge in [-0.1, -0.05) is 46.1 Å². The molecule has 0 aliphatic rings. The van der Waals surface area contributed by atoms with E-state index in [1.54, 1.807) is 0 Å². The van der Waals surface area contributed by atoms with Gasteiger partial charge >= 0.3 is 0 Å². The lowest BCUT2D eigenvalue weighted by Crippen LogP contribution is -2.48. The van der Waals surface area contributed by atoms with Crippen LogP contribution in [0.4, 0.5) is 0 Å². The second kappa shape index (κ2) is 6.55. The molecule has 0 aliphatic heterocycles. The summed E-state index contributed by atoms with van der Waals surface area (Å²) in [6.07, 6.45) is 1.89. The van der Waals surface area contributed by atoms with Crippen molar-refractivity contribution in [2.45, 2.75) is 6.92 Å². The fraction of sp³-hybridized carbons (Fsp3) is 0.0556. The van der Waals surface area contributed by atoms with Crippen LogP contribution in [0.2, 0.25) is 0 Å². The predicted octanol–water partition coefficient (Wildman–Crippen LogP) is -4.28. The Morgan fingerprint density at radius 2 is 1.44 bits per heavy atom. The standard InChI is InChI=1S/C18H20B5NO/c1-8-6-12(9-2-4-10(19)5-3-9)24-7-11(8)13-14(20)15(21)16(22)17(23)18(13)25/h2-7,25H,19-23H2,1H3. The van der Waals surface area contributed by atoms with Crippen LogP contribution in [0.1, 0.15) is 5.56 Å². The van der Waals surface area contributed by atoms with E-state index in [1.165, 1.54) is 10.9 Å². The van der Waals surface area contributed by atoms with Gasteiger partial charge in [-0.15, -0.1) is 5.46 Å². The van der Waals surface area contributed by atoms with Gasteiger partial charge in [0.05, 0.1) is 5.69 Å². The van der Waals surface area contributed by atoms with Crippen LogP contribution in [0.3, 0.4) is 0 Å². The van der Waals surface area contributed by atoms with E-state index in [4.69, 9.17) is 0 Å². The summed E-state index contributed by atoms with van der Waals surface area (Å²) in [7, 11) is 10.3. The average Bonchev–Trinajstić information content (AvgIpc) is 2.60. The highest BCUT2D eigenvalue weighted by Gasteiger charge is 2.17. The maximum Gasteiger partial charge on any atom is 0.143 e. The maximum absolute atomic E-state index is 10.8. The zero-order chi connectivity index (χ0) is 18.3. The third-order valence-electron chi connectivity index (χ3n) is 5.38. The lowest BCUT2D eigenvalue weighted by Gasteiger charge is -2.19. The molecule has 2 nitrogen and oxygen atoms in total. The van der Waals surface area contributed by atoms with Crippen LogP contribution in [-0.4, -0.2) is 49.3 Å². The summed E-state index contributed by atoms with van der Waals surface area (Å²) in [5.41, 5.74) is 10.8. The van der Waals surface area contributed by atoms with Crippen LogP contribution in [0.15, 0.2) is 36.5 Å². The first-order chi connectivity index (χ1) is 11.8. The van der Waals surface area contributed by atoms with Crippen molar-refractivity contribution in [1.82, 2.24) is 4.98 Å². The van der Waals surface area contributed by atoms with E-state index < -0.39 is 0 Å². The Hall–Kier alpha value is -2.29. The number of aromatic hydroxyl groups is 1. The van der Waals surface area contributed by atoms with Crippen LogP contribution >= 0.6 is 0 Å². The van der Waals surface area contributed by atoms with E-state index in [0.29, 0.717) is 5.75 Å². The van der Waals surface area contributed by atoms with Gasteiger partial charge in [0.15, 0.2) is 0 Å². The number of hydrogen-bond acceptors (Lipinski definition) is 2. The molecular formula is C18H20B5NO. The van der Waals surface area contributed by atoms with Gasteiger partial charge in [0, 0.05) is 22.9 Å². The summed E-state index contributed by atoms with van der Waals surface area (Å²) < 4.78 is 0. The Morgan fingerprint density at radius 1 is 0.840 bits per heavy atom. The van der Waals surface area contributed by atoms with Crippen molar-refractivity contribution in [2.75, 3.05) is 0 Å². The molecule has 3 aromatic rings. The SMILES string of the molecule is Bc1ccc(-c2cc(C)c(-c3c(B)c(B)c(B)c(B)c3O)cn2)cc1. The number of rotatable bonds is 2. The third-order valence-corrected chi connectivity index (χ3v) is 5.38. The lowest BCUT2D eigenvalue weighted by atomic mass is 9.64. The monoisotopic (exact) mass is 321 g/mol. The highest BCUT2D eigenvalue weighted by atomic mass is 16.3. The summed E-state index contributed by atoms with van der Waals surface area (Å²) in [6, 6.07) is 10.5. The van der Waals surface area contributed by atoms with Gasteiger partial charge < -0.3 is 5.11 Å². The predicted molar refractivity (Wildman–Crippen MR) is 122 cm³/mol. The van der Waals surface area contributed by atoms with Crippen LogP contribution in [-0.2, 0) is 0 Å². The second-order valence-electron chi connectivity index (χ2n) is 6.97. The number of pyridine rings is 1. The quantitative estimate of drug-likeness (QED) is 0.485. The summed E-state index contributed by atoms with van der Waals surface area (Å²) in [5.74, 6) is 0.369. The second-order valence-corrected chi connectivity index (χ2v) is 6.97. The molecule has 0 amide bonds. The van der Waals surface area contributed by atoms with Crippen LogP contribution in [0, 0.1) is 6.92 Å². The fourth-order valence-corrected chi connectivity index (χ4v) is 3.32. The Labute approximate surface area is 154 Å². The molecule has 2 aromatic carbocycles. The highest BCUT2D eigenvalue weighted by Crippen LogP contribution is 2.29. The summed E-state index contributed by atoms with van der Waals surface area (Å²) in [5, 5.41) is 10.8. The number of benzene rings is 2. The van der Waals surface area contributed by atoms with Crippen molar-refractivity contribution >= 4 is 66.5 Å². The van der Waals surface area contributed by atoms with Gasteiger partial charge in [-0.2, -0.15) is 0 Å². The van der Waals surface area contributed by atoms with E-state index in [9.17, 15) is 5.11 Å². The van der Waals surface area contributed by atoms with Gasteiger partial charge in [0.1, 0.15) is 45.0 Å². The van der Waals surface area contributed by atoms with Gasteiger partial charge in [0.2, 0.25) is 0 Å². The van der Waals surface area contributed by atoms with Crippen LogP contribution < -0.4 is 27.3 Å². The molecule has 0 spiro atoms. The third kappa shape index (κ3) is 3.04. The number of aromatic nitrogens is 1. The first-order valence-corrected chi connectivity index (χ1v) is 8.64. The molecule has 25 heavy (non-hydrogen) atoms.